The highest BCUT2D eigenvalue weighted by Gasteiger charge is 2.07. The summed E-state index contributed by atoms with van der Waals surface area (Å²) in [6, 6.07) is 28.3. The fourth-order valence-corrected chi connectivity index (χ4v) is 2.70. The van der Waals surface area contributed by atoms with Crippen molar-refractivity contribution in [3.05, 3.63) is 90.5 Å². The molecule has 27 heavy (non-hydrogen) atoms. The summed E-state index contributed by atoms with van der Waals surface area (Å²) in [5.74, 6) is 1.41. The Bertz CT molecular complexity index is 969. The van der Waals surface area contributed by atoms with Gasteiger partial charge in [0, 0.05) is 17.6 Å². The number of rotatable bonds is 5. The Labute approximate surface area is 160 Å². The molecular formula is C23H24N4. The number of hydrogen-bond acceptors (Lipinski definition) is 4. The van der Waals surface area contributed by atoms with Crippen molar-refractivity contribution < 1.29 is 0 Å². The van der Waals surface area contributed by atoms with Gasteiger partial charge in [0.15, 0.2) is 0 Å². The zero-order valence-corrected chi connectivity index (χ0v) is 15.7. The molecule has 0 saturated heterocycles. The van der Waals surface area contributed by atoms with Gasteiger partial charge in [0.1, 0.15) is 5.82 Å². The predicted octanol–water partition coefficient (Wildman–Crippen LogP) is 6.01. The van der Waals surface area contributed by atoms with Crippen molar-refractivity contribution >= 4 is 28.4 Å². The minimum atomic E-state index is 0.584. The molecule has 4 rings (SSSR count). The maximum atomic E-state index is 4.68. The molecule has 0 bridgehead atoms. The number of aromatic nitrogens is 2. The van der Waals surface area contributed by atoms with Gasteiger partial charge in [-0.05, 0) is 29.8 Å². The zero-order chi connectivity index (χ0) is 18.9. The van der Waals surface area contributed by atoms with E-state index >= 15 is 0 Å². The number of hydrogen-bond donors (Lipinski definition) is 2. The third kappa shape index (κ3) is 4.82. The highest BCUT2D eigenvalue weighted by Crippen LogP contribution is 2.24. The first-order valence-corrected chi connectivity index (χ1v) is 9.25. The van der Waals surface area contributed by atoms with Crippen LogP contribution in [0.3, 0.4) is 0 Å². The number of para-hydroxylation sites is 2. The summed E-state index contributed by atoms with van der Waals surface area (Å²) in [6.07, 6.45) is 0. The second kappa shape index (κ2) is 9.34. The smallest absolute Gasteiger partial charge is 0.229 e. The van der Waals surface area contributed by atoms with Crippen molar-refractivity contribution in [1.29, 1.82) is 0 Å². The summed E-state index contributed by atoms with van der Waals surface area (Å²) >= 11 is 0. The fourth-order valence-electron chi connectivity index (χ4n) is 2.70. The Kier molecular flexibility index (Phi) is 6.36. The van der Waals surface area contributed by atoms with Gasteiger partial charge >= 0.3 is 0 Å². The predicted molar refractivity (Wildman–Crippen MR) is 114 cm³/mol. The minimum absolute atomic E-state index is 0.584. The van der Waals surface area contributed by atoms with Crippen LogP contribution in [0.5, 0.6) is 0 Å². The third-order valence-electron chi connectivity index (χ3n) is 3.94. The summed E-state index contributed by atoms with van der Waals surface area (Å²) in [4.78, 5) is 9.30. The van der Waals surface area contributed by atoms with E-state index in [1.165, 1.54) is 5.56 Å². The molecule has 0 amide bonds. The molecule has 0 atom stereocenters. The highest BCUT2D eigenvalue weighted by molar-refractivity contribution is 5.90. The lowest BCUT2D eigenvalue weighted by atomic mass is 10.2. The first kappa shape index (κ1) is 18.4. The lowest BCUT2D eigenvalue weighted by Crippen LogP contribution is -2.05. The van der Waals surface area contributed by atoms with Gasteiger partial charge in [-0.3, -0.25) is 0 Å². The molecule has 2 N–H and O–H groups in total. The molecule has 0 radical (unpaired) electrons. The molecule has 4 nitrogen and oxygen atoms in total. The second-order valence-corrected chi connectivity index (χ2v) is 5.74. The van der Waals surface area contributed by atoms with Crippen molar-refractivity contribution in [2.24, 2.45) is 0 Å². The summed E-state index contributed by atoms with van der Waals surface area (Å²) in [6.45, 7) is 4.71. The number of nitrogens with one attached hydrogen (secondary N) is 2. The molecule has 0 saturated carbocycles. The van der Waals surface area contributed by atoms with Gasteiger partial charge in [0.25, 0.3) is 0 Å². The average molecular weight is 356 g/mol. The van der Waals surface area contributed by atoms with E-state index in [0.717, 1.165) is 22.4 Å². The van der Waals surface area contributed by atoms with E-state index in [9.17, 15) is 0 Å². The van der Waals surface area contributed by atoms with E-state index in [0.29, 0.717) is 12.5 Å². The topological polar surface area (TPSA) is 49.8 Å². The van der Waals surface area contributed by atoms with E-state index in [-0.39, 0.29) is 0 Å². The number of fused-ring (bicyclic) bond motifs is 1. The zero-order valence-electron chi connectivity index (χ0n) is 15.7. The summed E-state index contributed by atoms with van der Waals surface area (Å²) in [7, 11) is 0. The van der Waals surface area contributed by atoms with Crippen LogP contribution in [0.4, 0.5) is 17.5 Å². The largest absolute Gasteiger partial charge is 0.365 e. The van der Waals surface area contributed by atoms with Crippen LogP contribution in [0, 0.1) is 0 Å². The van der Waals surface area contributed by atoms with Gasteiger partial charge in [-0.1, -0.05) is 74.5 Å². The molecule has 0 spiro atoms. The van der Waals surface area contributed by atoms with Crippen molar-refractivity contribution in [1.82, 2.24) is 9.97 Å². The molecule has 0 aliphatic rings. The lowest BCUT2D eigenvalue weighted by molar-refractivity contribution is 1.10. The van der Waals surface area contributed by atoms with E-state index in [1.807, 2.05) is 86.6 Å². The summed E-state index contributed by atoms with van der Waals surface area (Å²) in [5.41, 5.74) is 3.08. The van der Waals surface area contributed by atoms with Crippen LogP contribution in [0.2, 0.25) is 0 Å². The van der Waals surface area contributed by atoms with Crippen molar-refractivity contribution in [3.8, 4) is 0 Å². The molecule has 0 aliphatic heterocycles. The maximum absolute atomic E-state index is 4.68. The Hall–Kier alpha value is -3.40. The molecule has 1 aromatic heterocycles. The van der Waals surface area contributed by atoms with Crippen molar-refractivity contribution in [3.63, 3.8) is 0 Å². The molecule has 0 aliphatic carbocycles. The molecule has 0 unspecified atom stereocenters. The van der Waals surface area contributed by atoms with Gasteiger partial charge in [0.05, 0.1) is 5.52 Å². The van der Waals surface area contributed by atoms with Gasteiger partial charge in [-0.2, -0.15) is 4.98 Å². The van der Waals surface area contributed by atoms with Gasteiger partial charge < -0.3 is 10.6 Å². The molecular weight excluding hydrogens is 332 g/mol. The SMILES string of the molecule is CC.c1ccc(CNc2nc(Nc3ccccc3)nc3ccccc23)cc1. The van der Waals surface area contributed by atoms with Gasteiger partial charge in [-0.15, -0.1) is 0 Å². The first-order valence-electron chi connectivity index (χ1n) is 9.25. The van der Waals surface area contributed by atoms with Crippen molar-refractivity contribution in [2.45, 2.75) is 20.4 Å². The Morgan fingerprint density at radius 3 is 2.07 bits per heavy atom. The minimum Gasteiger partial charge on any atom is -0.365 e. The second-order valence-electron chi connectivity index (χ2n) is 5.74. The summed E-state index contributed by atoms with van der Waals surface area (Å²) in [5, 5.41) is 7.72. The quantitative estimate of drug-likeness (QED) is 0.459. The summed E-state index contributed by atoms with van der Waals surface area (Å²) < 4.78 is 0. The number of anilines is 3. The van der Waals surface area contributed by atoms with Crippen LogP contribution in [-0.4, -0.2) is 9.97 Å². The Morgan fingerprint density at radius 1 is 0.704 bits per heavy atom. The highest BCUT2D eigenvalue weighted by atomic mass is 15.1. The molecule has 0 fully saturated rings. The van der Waals surface area contributed by atoms with Crippen LogP contribution in [0.1, 0.15) is 19.4 Å². The third-order valence-corrected chi connectivity index (χ3v) is 3.94. The van der Waals surface area contributed by atoms with Crippen LogP contribution < -0.4 is 10.6 Å². The average Bonchev–Trinajstić information content (AvgIpc) is 2.75. The molecule has 1 heterocycles. The molecule has 136 valence electrons. The van der Waals surface area contributed by atoms with E-state index in [4.69, 9.17) is 0 Å². The van der Waals surface area contributed by atoms with Gasteiger partial charge in [0.2, 0.25) is 5.95 Å². The molecule has 4 aromatic rings. The first-order chi connectivity index (χ1) is 13.4. The van der Waals surface area contributed by atoms with E-state index in [1.54, 1.807) is 0 Å². The molecule has 4 heteroatoms. The maximum Gasteiger partial charge on any atom is 0.229 e. The monoisotopic (exact) mass is 356 g/mol. The van der Waals surface area contributed by atoms with Crippen LogP contribution >= 0.6 is 0 Å². The Balaban J connectivity index is 0.00000102. The van der Waals surface area contributed by atoms with Crippen LogP contribution in [-0.2, 0) is 6.54 Å². The van der Waals surface area contributed by atoms with Crippen LogP contribution in [0.25, 0.3) is 10.9 Å². The number of nitrogens with zero attached hydrogens (tertiary/aromatic N) is 2. The Morgan fingerprint density at radius 2 is 1.33 bits per heavy atom. The van der Waals surface area contributed by atoms with Crippen LogP contribution in [0.15, 0.2) is 84.9 Å². The van der Waals surface area contributed by atoms with E-state index in [2.05, 4.69) is 32.7 Å². The normalized spacial score (nSPS) is 10.0. The number of benzene rings is 3. The van der Waals surface area contributed by atoms with Gasteiger partial charge in [-0.25, -0.2) is 4.98 Å². The van der Waals surface area contributed by atoms with Crippen molar-refractivity contribution in [2.75, 3.05) is 10.6 Å². The molecule has 3 aromatic carbocycles. The van der Waals surface area contributed by atoms with E-state index < -0.39 is 0 Å². The fraction of sp³-hybridized carbons (Fsp3) is 0.130. The lowest BCUT2D eigenvalue weighted by Gasteiger charge is -2.12. The standard InChI is InChI=1S/C21H18N4.C2H6/c1-3-9-16(10-4-1)15-22-20-18-13-7-8-14-19(18)24-21(25-20)23-17-11-5-2-6-12-17;1-2/h1-14H,15H2,(H2,22,23,24,25);1-2H3.